The van der Waals surface area contributed by atoms with Crippen LogP contribution in [0.15, 0.2) is 60.7 Å². The van der Waals surface area contributed by atoms with E-state index in [2.05, 4.69) is 0 Å². The average molecular weight is 370 g/mol. The third kappa shape index (κ3) is 4.09. The van der Waals surface area contributed by atoms with Gasteiger partial charge in [0.15, 0.2) is 6.61 Å². The van der Waals surface area contributed by atoms with Crippen LogP contribution in [0.1, 0.15) is 5.56 Å². The van der Waals surface area contributed by atoms with Gasteiger partial charge in [-0.2, -0.15) is 0 Å². The Labute approximate surface area is 157 Å². The zero-order valence-corrected chi connectivity index (χ0v) is 15.5. The number of ether oxygens (including phenoxy) is 2. The van der Waals surface area contributed by atoms with E-state index >= 15 is 0 Å². The summed E-state index contributed by atoms with van der Waals surface area (Å²) in [7, 11) is 3.38. The summed E-state index contributed by atoms with van der Waals surface area (Å²) in [4.78, 5) is 14.1. The van der Waals surface area contributed by atoms with Crippen LogP contribution >= 0.6 is 11.6 Å². The predicted octanol–water partition coefficient (Wildman–Crippen LogP) is 4.54. The lowest BCUT2D eigenvalue weighted by Crippen LogP contribution is -2.31. The SMILES string of the molecule is COc1cccc(CN(C)C(=O)COc2ccc(Cl)c3ccccc23)c1. The summed E-state index contributed by atoms with van der Waals surface area (Å²) in [5, 5.41) is 2.46. The monoisotopic (exact) mass is 369 g/mol. The Morgan fingerprint density at radius 2 is 1.81 bits per heavy atom. The minimum atomic E-state index is -0.105. The van der Waals surface area contributed by atoms with Crippen LogP contribution in [0.3, 0.4) is 0 Å². The molecule has 4 nitrogen and oxygen atoms in total. The quantitative estimate of drug-likeness (QED) is 0.640. The van der Waals surface area contributed by atoms with Gasteiger partial charge in [0.2, 0.25) is 0 Å². The van der Waals surface area contributed by atoms with Crippen LogP contribution in [0, 0.1) is 0 Å². The summed E-state index contributed by atoms with van der Waals surface area (Å²) >= 11 is 6.22. The number of carbonyl (C=O) groups is 1. The molecule has 0 saturated carbocycles. The van der Waals surface area contributed by atoms with E-state index in [1.807, 2.05) is 48.5 Å². The molecule has 0 saturated heterocycles. The van der Waals surface area contributed by atoms with E-state index in [0.717, 1.165) is 22.1 Å². The smallest absolute Gasteiger partial charge is 0.260 e. The number of nitrogens with zero attached hydrogens (tertiary/aromatic N) is 1. The Morgan fingerprint density at radius 3 is 2.58 bits per heavy atom. The molecule has 5 heteroatoms. The number of amides is 1. The third-order valence-corrected chi connectivity index (χ3v) is 4.49. The number of carbonyl (C=O) groups excluding carboxylic acids is 1. The number of hydrogen-bond donors (Lipinski definition) is 0. The topological polar surface area (TPSA) is 38.8 Å². The Kier molecular flexibility index (Phi) is 5.64. The fraction of sp³-hybridized carbons (Fsp3) is 0.190. The van der Waals surface area contributed by atoms with Gasteiger partial charge >= 0.3 is 0 Å². The maximum Gasteiger partial charge on any atom is 0.260 e. The van der Waals surface area contributed by atoms with Gasteiger partial charge in [0, 0.05) is 29.4 Å². The minimum Gasteiger partial charge on any atom is -0.497 e. The first kappa shape index (κ1) is 18.1. The van der Waals surface area contributed by atoms with Gasteiger partial charge in [-0.15, -0.1) is 0 Å². The molecule has 0 N–H and O–H groups in total. The van der Waals surface area contributed by atoms with E-state index in [1.165, 1.54) is 0 Å². The molecule has 0 aliphatic heterocycles. The fourth-order valence-electron chi connectivity index (χ4n) is 2.74. The van der Waals surface area contributed by atoms with Crippen molar-refractivity contribution >= 4 is 28.3 Å². The number of rotatable bonds is 6. The zero-order valence-electron chi connectivity index (χ0n) is 14.7. The van der Waals surface area contributed by atoms with Crippen LogP contribution in [0.25, 0.3) is 10.8 Å². The standard InChI is InChI=1S/C21H20ClNO3/c1-23(13-15-6-5-7-16(12-15)25-2)21(24)14-26-20-11-10-19(22)17-8-3-4-9-18(17)20/h3-12H,13-14H2,1-2H3. The Bertz CT molecular complexity index is 926. The molecule has 0 heterocycles. The Hall–Kier alpha value is -2.72. The molecule has 134 valence electrons. The average Bonchev–Trinajstić information content (AvgIpc) is 2.67. The van der Waals surface area contributed by atoms with Gasteiger partial charge in [0.1, 0.15) is 11.5 Å². The molecular formula is C21H20ClNO3. The van der Waals surface area contributed by atoms with E-state index in [0.29, 0.717) is 17.3 Å². The molecule has 26 heavy (non-hydrogen) atoms. The molecule has 3 rings (SSSR count). The summed E-state index contributed by atoms with van der Waals surface area (Å²) in [6.07, 6.45) is 0. The molecule has 0 radical (unpaired) electrons. The second kappa shape index (κ2) is 8.11. The van der Waals surface area contributed by atoms with Crippen molar-refractivity contribution in [1.29, 1.82) is 0 Å². The number of halogens is 1. The molecule has 0 spiro atoms. The normalized spacial score (nSPS) is 10.6. The van der Waals surface area contributed by atoms with Gasteiger partial charge < -0.3 is 14.4 Å². The lowest BCUT2D eigenvalue weighted by Gasteiger charge is -2.18. The van der Waals surface area contributed by atoms with Crippen molar-refractivity contribution in [2.24, 2.45) is 0 Å². The molecule has 0 bridgehead atoms. The molecule has 0 atom stereocenters. The van der Waals surface area contributed by atoms with Gasteiger partial charge in [-0.1, -0.05) is 48.0 Å². The molecule has 0 fully saturated rings. The van der Waals surface area contributed by atoms with Crippen LogP contribution in [-0.2, 0) is 11.3 Å². The first-order valence-corrected chi connectivity index (χ1v) is 8.63. The number of methoxy groups -OCH3 is 1. The van der Waals surface area contributed by atoms with E-state index in [9.17, 15) is 4.79 Å². The predicted molar refractivity (Wildman–Crippen MR) is 104 cm³/mol. The van der Waals surface area contributed by atoms with Gasteiger partial charge in [0.25, 0.3) is 5.91 Å². The second-order valence-electron chi connectivity index (χ2n) is 5.98. The highest BCUT2D eigenvalue weighted by atomic mass is 35.5. The number of fused-ring (bicyclic) bond motifs is 1. The number of hydrogen-bond acceptors (Lipinski definition) is 3. The maximum atomic E-state index is 12.4. The number of benzene rings is 3. The fourth-order valence-corrected chi connectivity index (χ4v) is 2.97. The molecule has 0 unspecified atom stereocenters. The maximum absolute atomic E-state index is 12.4. The molecular weight excluding hydrogens is 350 g/mol. The van der Waals surface area contributed by atoms with Crippen LogP contribution in [0.5, 0.6) is 11.5 Å². The summed E-state index contributed by atoms with van der Waals surface area (Å²) in [5.41, 5.74) is 0.997. The van der Waals surface area contributed by atoms with Crippen molar-refractivity contribution < 1.29 is 14.3 Å². The first-order chi connectivity index (χ1) is 12.6. The van der Waals surface area contributed by atoms with Crippen LogP contribution in [-0.4, -0.2) is 31.6 Å². The summed E-state index contributed by atoms with van der Waals surface area (Å²) < 4.78 is 11.0. The first-order valence-electron chi connectivity index (χ1n) is 8.25. The Morgan fingerprint density at radius 1 is 1.04 bits per heavy atom. The molecule has 0 aliphatic rings. The van der Waals surface area contributed by atoms with Crippen molar-refractivity contribution in [3.63, 3.8) is 0 Å². The summed E-state index contributed by atoms with van der Waals surface area (Å²) in [6, 6.07) is 18.9. The third-order valence-electron chi connectivity index (χ3n) is 4.16. The van der Waals surface area contributed by atoms with Gasteiger partial charge in [-0.25, -0.2) is 0 Å². The highest BCUT2D eigenvalue weighted by molar-refractivity contribution is 6.35. The summed E-state index contributed by atoms with van der Waals surface area (Å²) in [6.45, 7) is 0.451. The van der Waals surface area contributed by atoms with Gasteiger partial charge in [-0.3, -0.25) is 4.79 Å². The number of likely N-dealkylation sites (N-methyl/N-ethyl adjacent to an activating group) is 1. The molecule has 1 amide bonds. The van der Waals surface area contributed by atoms with Crippen molar-refractivity contribution in [3.8, 4) is 11.5 Å². The molecule has 3 aromatic rings. The van der Waals surface area contributed by atoms with E-state index < -0.39 is 0 Å². The van der Waals surface area contributed by atoms with E-state index in [-0.39, 0.29) is 12.5 Å². The van der Waals surface area contributed by atoms with Crippen molar-refractivity contribution in [3.05, 3.63) is 71.2 Å². The van der Waals surface area contributed by atoms with Gasteiger partial charge in [0.05, 0.1) is 7.11 Å². The zero-order chi connectivity index (χ0) is 18.5. The van der Waals surface area contributed by atoms with Crippen molar-refractivity contribution in [2.45, 2.75) is 6.54 Å². The van der Waals surface area contributed by atoms with Crippen LogP contribution in [0.4, 0.5) is 0 Å². The van der Waals surface area contributed by atoms with E-state index in [4.69, 9.17) is 21.1 Å². The highest BCUT2D eigenvalue weighted by Crippen LogP contribution is 2.31. The highest BCUT2D eigenvalue weighted by Gasteiger charge is 2.12. The van der Waals surface area contributed by atoms with Crippen LogP contribution < -0.4 is 9.47 Å². The second-order valence-corrected chi connectivity index (χ2v) is 6.39. The summed E-state index contributed by atoms with van der Waals surface area (Å²) in [5.74, 6) is 1.31. The van der Waals surface area contributed by atoms with Crippen molar-refractivity contribution in [2.75, 3.05) is 20.8 Å². The molecule has 3 aromatic carbocycles. The van der Waals surface area contributed by atoms with Crippen molar-refractivity contribution in [1.82, 2.24) is 4.90 Å². The largest absolute Gasteiger partial charge is 0.497 e. The van der Waals surface area contributed by atoms with Gasteiger partial charge in [-0.05, 0) is 29.8 Å². The molecule has 0 aromatic heterocycles. The van der Waals surface area contributed by atoms with Crippen LogP contribution in [0.2, 0.25) is 5.02 Å². The lowest BCUT2D eigenvalue weighted by atomic mass is 10.1. The van der Waals surface area contributed by atoms with E-state index in [1.54, 1.807) is 31.2 Å². The minimum absolute atomic E-state index is 0.0356. The lowest BCUT2D eigenvalue weighted by molar-refractivity contribution is -0.132. The molecule has 0 aliphatic carbocycles. The Balaban J connectivity index is 1.66.